The third-order valence-corrected chi connectivity index (χ3v) is 7.24. The molecule has 13 nitrogen and oxygen atoms in total. The highest BCUT2D eigenvalue weighted by molar-refractivity contribution is 7.84. The fourth-order valence-corrected chi connectivity index (χ4v) is 5.54. The Hall–Kier alpha value is -3.66. The van der Waals surface area contributed by atoms with E-state index in [4.69, 9.17) is 14.4 Å². The molecule has 3 aromatic rings. The summed E-state index contributed by atoms with van der Waals surface area (Å²) in [4.78, 5) is 48.2. The molecule has 0 unspecified atom stereocenters. The highest BCUT2D eigenvalue weighted by atomic mass is 32.2. The molecule has 0 bridgehead atoms. The molecular weight excluding hydrogens is 548 g/mol. The summed E-state index contributed by atoms with van der Waals surface area (Å²) in [6, 6.07) is 2.89. The van der Waals surface area contributed by atoms with Gasteiger partial charge in [-0.2, -0.15) is 8.42 Å². The molecular formula is C24H28N6O7S2. The van der Waals surface area contributed by atoms with Crippen LogP contribution in [-0.4, -0.2) is 59.0 Å². The van der Waals surface area contributed by atoms with E-state index in [2.05, 4.69) is 15.3 Å². The summed E-state index contributed by atoms with van der Waals surface area (Å²) in [6.45, 7) is 6.51. The number of piperidine rings is 1. The molecule has 0 aliphatic carbocycles. The largest absolute Gasteiger partial charge is 0.478 e. The number of aliphatic carboxylic acids is 1. The number of carbonyl (C=O) groups excluding carboxylic acids is 1. The molecule has 0 radical (unpaired) electrons. The van der Waals surface area contributed by atoms with Crippen molar-refractivity contribution in [3.8, 4) is 0 Å². The molecule has 1 fully saturated rings. The fraction of sp³-hybridized carbons (Fsp3) is 0.375. The summed E-state index contributed by atoms with van der Waals surface area (Å²) in [7, 11) is -4.20. The Kier molecular flexibility index (Phi) is 7.88. The van der Waals surface area contributed by atoms with Gasteiger partial charge in [-0.3, -0.25) is 23.5 Å². The van der Waals surface area contributed by atoms with E-state index < -0.39 is 33.8 Å². The lowest BCUT2D eigenvalue weighted by atomic mass is 9.93. The lowest BCUT2D eigenvalue weighted by molar-refractivity contribution is -0.131. The van der Waals surface area contributed by atoms with Crippen LogP contribution in [-0.2, 0) is 24.7 Å². The van der Waals surface area contributed by atoms with E-state index in [0.29, 0.717) is 24.5 Å². The maximum atomic E-state index is 13.4. The van der Waals surface area contributed by atoms with Gasteiger partial charge in [-0.1, -0.05) is 20.8 Å². The second kappa shape index (κ2) is 10.8. The molecule has 3 aromatic heterocycles. The quantitative estimate of drug-likeness (QED) is 0.351. The maximum Gasteiger partial charge on any atom is 0.333 e. The van der Waals surface area contributed by atoms with Gasteiger partial charge in [0.25, 0.3) is 11.5 Å². The summed E-state index contributed by atoms with van der Waals surface area (Å²) >= 11 is 1.30. The van der Waals surface area contributed by atoms with Gasteiger partial charge in [0.2, 0.25) is 0 Å². The fourth-order valence-electron chi connectivity index (χ4n) is 4.07. The number of carboxylic acid groups (broad SMARTS) is 1. The van der Waals surface area contributed by atoms with Crippen LogP contribution in [0.3, 0.4) is 0 Å². The molecule has 4 heterocycles. The first kappa shape index (κ1) is 28.4. The van der Waals surface area contributed by atoms with Crippen LogP contribution in [0.15, 0.2) is 34.6 Å². The van der Waals surface area contributed by atoms with Crippen molar-refractivity contribution < 1.29 is 27.3 Å². The Morgan fingerprint density at radius 3 is 2.69 bits per heavy atom. The van der Waals surface area contributed by atoms with Crippen molar-refractivity contribution in [2.45, 2.75) is 45.1 Å². The number of aromatic nitrogens is 3. The van der Waals surface area contributed by atoms with Crippen LogP contribution >= 0.6 is 11.3 Å². The minimum absolute atomic E-state index is 0.0131. The number of carboxylic acids is 1. The molecule has 15 heteroatoms. The van der Waals surface area contributed by atoms with Gasteiger partial charge < -0.3 is 10.0 Å². The third kappa shape index (κ3) is 6.86. The predicted molar refractivity (Wildman–Crippen MR) is 146 cm³/mol. The summed E-state index contributed by atoms with van der Waals surface area (Å²) in [5.74, 6) is -1.58. The van der Waals surface area contributed by atoms with Crippen LogP contribution < -0.4 is 20.9 Å². The lowest BCUT2D eigenvalue weighted by Crippen LogP contribution is -2.43. The normalized spacial score (nSPS) is 16.6. The number of hydrogen-bond acceptors (Lipinski definition) is 10. The first-order valence-corrected chi connectivity index (χ1v) is 14.3. The van der Waals surface area contributed by atoms with Gasteiger partial charge >= 0.3 is 16.3 Å². The zero-order chi connectivity index (χ0) is 28.5. The maximum absolute atomic E-state index is 13.4. The Morgan fingerprint density at radius 2 is 2.05 bits per heavy atom. The Morgan fingerprint density at radius 1 is 1.31 bits per heavy atom. The van der Waals surface area contributed by atoms with E-state index in [1.54, 1.807) is 4.90 Å². The zero-order valence-corrected chi connectivity index (χ0v) is 23.1. The van der Waals surface area contributed by atoms with E-state index in [1.165, 1.54) is 34.1 Å². The smallest absolute Gasteiger partial charge is 0.333 e. The zero-order valence-electron chi connectivity index (χ0n) is 21.4. The summed E-state index contributed by atoms with van der Waals surface area (Å²) in [6.07, 6.45) is 3.48. The van der Waals surface area contributed by atoms with Gasteiger partial charge in [0.15, 0.2) is 5.13 Å². The van der Waals surface area contributed by atoms with E-state index in [9.17, 15) is 22.8 Å². The van der Waals surface area contributed by atoms with E-state index >= 15 is 0 Å². The average molecular weight is 577 g/mol. The van der Waals surface area contributed by atoms with Crippen LogP contribution in [0.4, 0.5) is 10.9 Å². The van der Waals surface area contributed by atoms with Gasteiger partial charge in [-0.05, 0) is 31.1 Å². The van der Waals surface area contributed by atoms with Gasteiger partial charge in [0.05, 0.1) is 17.4 Å². The second-order valence-corrected chi connectivity index (χ2v) is 12.0. The number of carbonyl (C=O) groups is 2. The van der Waals surface area contributed by atoms with Crippen LogP contribution in [0.5, 0.6) is 0 Å². The van der Waals surface area contributed by atoms with Crippen molar-refractivity contribution in [1.29, 1.82) is 0 Å². The van der Waals surface area contributed by atoms with E-state index in [1.807, 2.05) is 26.2 Å². The molecule has 4 rings (SSSR count). The van der Waals surface area contributed by atoms with E-state index in [-0.39, 0.29) is 34.6 Å². The number of nitrogens with two attached hydrogens (primary N) is 1. The monoisotopic (exact) mass is 576 g/mol. The first-order valence-electron chi connectivity index (χ1n) is 11.9. The molecule has 1 saturated heterocycles. The second-order valence-electron chi connectivity index (χ2n) is 10.0. The van der Waals surface area contributed by atoms with Crippen LogP contribution in [0.25, 0.3) is 11.7 Å². The van der Waals surface area contributed by atoms with Crippen LogP contribution in [0.1, 0.15) is 55.2 Å². The van der Waals surface area contributed by atoms with Crippen molar-refractivity contribution >= 4 is 56.2 Å². The number of nitrogens with one attached hydrogen (secondary N) is 1. The van der Waals surface area contributed by atoms with Crippen LogP contribution in [0, 0.1) is 0 Å². The van der Waals surface area contributed by atoms with Crippen LogP contribution in [0.2, 0.25) is 0 Å². The molecule has 1 aliphatic rings. The summed E-state index contributed by atoms with van der Waals surface area (Å²) in [5.41, 5.74) is 0.447. The number of pyridine rings is 1. The molecule has 1 aliphatic heterocycles. The molecule has 0 saturated carbocycles. The van der Waals surface area contributed by atoms with Crippen molar-refractivity contribution in [3.63, 3.8) is 0 Å². The number of anilines is 2. The number of hydrogen-bond donors (Lipinski definition) is 3. The third-order valence-electron chi connectivity index (χ3n) is 5.94. The van der Waals surface area contributed by atoms with Crippen molar-refractivity contribution in [3.05, 3.63) is 57.0 Å². The van der Waals surface area contributed by atoms with E-state index in [0.717, 1.165) is 17.8 Å². The number of rotatable bonds is 7. The van der Waals surface area contributed by atoms with Crippen molar-refractivity contribution in [2.75, 3.05) is 23.3 Å². The number of nitrogens with zero attached hydrogens (tertiary/aromatic N) is 4. The van der Waals surface area contributed by atoms with Crippen molar-refractivity contribution in [2.24, 2.45) is 5.14 Å². The molecule has 1 atom stereocenters. The molecule has 39 heavy (non-hydrogen) atoms. The lowest BCUT2D eigenvalue weighted by Gasteiger charge is -2.33. The highest BCUT2D eigenvalue weighted by Crippen LogP contribution is 2.27. The molecule has 1 amide bonds. The SMILES string of the molecule is CC(C)(C)c1csc(NC(=O)c2ccn3c(=O)c(/C=C/C(=O)O)c(N4CCC[C@@H](OS(N)(=O)=O)C4)nc3c2)n1. The molecule has 208 valence electrons. The minimum Gasteiger partial charge on any atom is -0.478 e. The van der Waals surface area contributed by atoms with Gasteiger partial charge in [-0.25, -0.2) is 19.9 Å². The minimum atomic E-state index is -4.20. The standard InChI is InChI=1S/C24H28N6O7S2/c1-24(2,3)17-13-38-23(26-17)28-21(33)14-8-10-30-18(11-14)27-20(16(22(30)34)6-7-19(31)32)29-9-4-5-15(12-29)37-39(25,35)36/h6-8,10-11,13,15H,4-5,9,12H2,1-3H3,(H,31,32)(H2,25,35,36)(H,26,28,33)/b7-6+/t15-/m1/s1. The number of amides is 1. The number of thiazole rings is 1. The predicted octanol–water partition coefficient (Wildman–Crippen LogP) is 1.99. The van der Waals surface area contributed by atoms with Gasteiger partial charge in [-0.15, -0.1) is 11.3 Å². The first-order chi connectivity index (χ1) is 18.2. The van der Waals surface area contributed by atoms with Gasteiger partial charge in [0, 0.05) is 41.7 Å². The summed E-state index contributed by atoms with van der Waals surface area (Å²) < 4.78 is 29.0. The Bertz CT molecular complexity index is 1620. The molecule has 0 spiro atoms. The Balaban J connectivity index is 1.72. The highest BCUT2D eigenvalue weighted by Gasteiger charge is 2.27. The molecule has 0 aromatic carbocycles. The Labute approximate surface area is 228 Å². The average Bonchev–Trinajstić information content (AvgIpc) is 3.31. The van der Waals surface area contributed by atoms with Gasteiger partial charge in [0.1, 0.15) is 11.5 Å². The molecule has 4 N–H and O–H groups in total. The topological polar surface area (TPSA) is 186 Å². The number of fused-ring (bicyclic) bond motifs is 1. The summed E-state index contributed by atoms with van der Waals surface area (Å²) in [5, 5.41) is 19.2. The van der Waals surface area contributed by atoms with Crippen molar-refractivity contribution in [1.82, 2.24) is 14.4 Å².